The number of aliphatic hydroxyl groups excluding tert-OH is 2. The maximum atomic E-state index is 13.0. The number of nitrogens with one attached hydrogen (secondary N) is 1. The smallest absolute Gasteiger partial charge is 0.203 e. The summed E-state index contributed by atoms with van der Waals surface area (Å²) >= 11 is 0. The second-order valence-electron chi connectivity index (χ2n) is 6.57. The molecule has 7 nitrogen and oxygen atoms in total. The van der Waals surface area contributed by atoms with E-state index in [2.05, 4.69) is 20.5 Å². The molecule has 1 fully saturated rings. The molecule has 1 aromatic carbocycles. The van der Waals surface area contributed by atoms with Gasteiger partial charge in [0, 0.05) is 24.9 Å². The van der Waals surface area contributed by atoms with Crippen LogP contribution in [0.2, 0.25) is 0 Å². The van der Waals surface area contributed by atoms with Gasteiger partial charge in [-0.25, -0.2) is 9.37 Å². The molecule has 1 aliphatic carbocycles. The van der Waals surface area contributed by atoms with E-state index in [-0.39, 0.29) is 11.7 Å². The van der Waals surface area contributed by atoms with E-state index < -0.39 is 12.2 Å². The predicted molar refractivity (Wildman–Crippen MR) is 93.4 cm³/mol. The Bertz CT molecular complexity index is 898. The van der Waals surface area contributed by atoms with Crippen LogP contribution in [0.3, 0.4) is 0 Å². The highest BCUT2D eigenvalue weighted by molar-refractivity contribution is 5.62. The second-order valence-corrected chi connectivity index (χ2v) is 6.57. The number of anilines is 1. The zero-order chi connectivity index (χ0) is 18.1. The number of aliphatic hydroxyl groups is 2. The lowest BCUT2D eigenvalue weighted by atomic mass is 10.1. The average Bonchev–Trinajstić information content (AvgIpc) is 3.21. The maximum absolute atomic E-state index is 13.0. The van der Waals surface area contributed by atoms with Crippen molar-refractivity contribution in [1.82, 2.24) is 19.6 Å². The molecular weight excluding hydrogens is 337 g/mol. The summed E-state index contributed by atoms with van der Waals surface area (Å²) in [5.74, 6) is 0.743. The van der Waals surface area contributed by atoms with Gasteiger partial charge in [-0.05, 0) is 37.0 Å². The molecule has 3 atom stereocenters. The topological polar surface area (TPSA) is 95.6 Å². The molecule has 3 aromatic rings. The summed E-state index contributed by atoms with van der Waals surface area (Å²) in [6.07, 6.45) is 3.80. The van der Waals surface area contributed by atoms with Gasteiger partial charge in [0.05, 0.1) is 12.2 Å². The largest absolute Gasteiger partial charge is 0.390 e. The Morgan fingerprint density at radius 2 is 1.96 bits per heavy atom. The number of nitrogens with zero attached hydrogens (tertiary/aromatic N) is 4. The van der Waals surface area contributed by atoms with Gasteiger partial charge in [0.25, 0.3) is 0 Å². The van der Waals surface area contributed by atoms with Gasteiger partial charge in [-0.2, -0.15) is 0 Å². The van der Waals surface area contributed by atoms with E-state index in [9.17, 15) is 14.6 Å². The summed E-state index contributed by atoms with van der Waals surface area (Å²) < 4.78 is 14.8. The minimum absolute atomic E-state index is 0.241. The normalized spacial score (nSPS) is 22.8. The van der Waals surface area contributed by atoms with Crippen molar-refractivity contribution >= 4 is 11.5 Å². The summed E-state index contributed by atoms with van der Waals surface area (Å²) in [4.78, 5) is 4.32. The average molecular weight is 357 g/mol. The molecule has 4 rings (SSSR count). The Morgan fingerprint density at radius 1 is 1.15 bits per heavy atom. The van der Waals surface area contributed by atoms with E-state index in [0.717, 1.165) is 12.0 Å². The summed E-state index contributed by atoms with van der Waals surface area (Å²) in [7, 11) is 0. The number of fused-ring (bicyclic) bond motifs is 1. The molecule has 8 heteroatoms. The van der Waals surface area contributed by atoms with Crippen LogP contribution < -0.4 is 5.32 Å². The molecule has 1 saturated carbocycles. The predicted octanol–water partition coefficient (Wildman–Crippen LogP) is 1.52. The van der Waals surface area contributed by atoms with Crippen molar-refractivity contribution in [3.63, 3.8) is 0 Å². The molecule has 2 aromatic heterocycles. The van der Waals surface area contributed by atoms with Crippen LogP contribution in [-0.2, 0) is 6.42 Å². The van der Waals surface area contributed by atoms with Gasteiger partial charge in [0.2, 0.25) is 5.65 Å². The van der Waals surface area contributed by atoms with Gasteiger partial charge < -0.3 is 15.5 Å². The quantitative estimate of drug-likeness (QED) is 0.641. The molecule has 3 N–H and O–H groups in total. The van der Waals surface area contributed by atoms with E-state index in [4.69, 9.17) is 0 Å². The van der Waals surface area contributed by atoms with E-state index in [1.807, 2.05) is 0 Å². The van der Waals surface area contributed by atoms with E-state index in [1.54, 1.807) is 28.9 Å². The molecular formula is C18H20FN5O2. The molecule has 0 aliphatic heterocycles. The van der Waals surface area contributed by atoms with E-state index >= 15 is 0 Å². The van der Waals surface area contributed by atoms with Gasteiger partial charge in [-0.1, -0.05) is 12.1 Å². The molecule has 26 heavy (non-hydrogen) atoms. The number of hydrogen-bond acceptors (Lipinski definition) is 6. The summed E-state index contributed by atoms with van der Waals surface area (Å²) in [6.45, 7) is 0.616. The van der Waals surface area contributed by atoms with Crippen LogP contribution >= 0.6 is 0 Å². The fourth-order valence-electron chi connectivity index (χ4n) is 3.44. The van der Waals surface area contributed by atoms with Crippen molar-refractivity contribution in [2.75, 3.05) is 11.9 Å². The van der Waals surface area contributed by atoms with Gasteiger partial charge in [-0.3, -0.25) is 4.40 Å². The molecule has 0 spiro atoms. The molecule has 2 heterocycles. The van der Waals surface area contributed by atoms with Crippen LogP contribution in [0.4, 0.5) is 10.2 Å². The number of hydrogen-bond donors (Lipinski definition) is 3. The van der Waals surface area contributed by atoms with Crippen molar-refractivity contribution < 1.29 is 14.6 Å². The first kappa shape index (κ1) is 16.9. The molecule has 0 amide bonds. The summed E-state index contributed by atoms with van der Waals surface area (Å²) in [6, 6.07) is 6.40. The van der Waals surface area contributed by atoms with Crippen LogP contribution in [0.15, 0.2) is 36.7 Å². The minimum Gasteiger partial charge on any atom is -0.390 e. The Kier molecular flexibility index (Phi) is 4.52. The third-order valence-corrected chi connectivity index (χ3v) is 4.88. The fraction of sp³-hybridized carbons (Fsp3) is 0.389. The first-order valence-electron chi connectivity index (χ1n) is 8.67. The highest BCUT2D eigenvalue weighted by Crippen LogP contribution is 2.34. The molecule has 0 radical (unpaired) electrons. The molecule has 0 saturated heterocycles. The first-order valence-corrected chi connectivity index (χ1v) is 8.67. The summed E-state index contributed by atoms with van der Waals surface area (Å²) in [5.41, 5.74) is 1.60. The third-order valence-electron chi connectivity index (χ3n) is 4.88. The highest BCUT2D eigenvalue weighted by Gasteiger charge is 2.37. The van der Waals surface area contributed by atoms with E-state index in [1.165, 1.54) is 12.1 Å². The van der Waals surface area contributed by atoms with Gasteiger partial charge in [0.15, 0.2) is 5.82 Å². The van der Waals surface area contributed by atoms with Gasteiger partial charge in [-0.15, -0.1) is 10.2 Å². The van der Waals surface area contributed by atoms with Crippen LogP contribution in [0.1, 0.15) is 30.1 Å². The Labute approximate surface area is 149 Å². The molecule has 0 unspecified atom stereocenters. The molecule has 136 valence electrons. The number of halogens is 1. The SMILES string of the molecule is O[C@@H]1[C@H](O)CC[C@H]1c1nnc2c(NCCc3ccc(F)cc3)nccn12. The van der Waals surface area contributed by atoms with Crippen molar-refractivity contribution in [2.24, 2.45) is 0 Å². The molecule has 1 aliphatic rings. The lowest BCUT2D eigenvalue weighted by molar-refractivity contribution is 0.0338. The number of aromatic nitrogens is 4. The van der Waals surface area contributed by atoms with Crippen molar-refractivity contribution in [2.45, 2.75) is 37.4 Å². The Hall–Kier alpha value is -2.58. The highest BCUT2D eigenvalue weighted by atomic mass is 19.1. The Balaban J connectivity index is 1.50. The standard InChI is InChI=1S/C18H20FN5O2/c19-12-3-1-11(2-4-12)7-8-20-16-18-23-22-17(24(18)10-9-21-16)13-5-6-14(25)15(13)26/h1-4,9-10,13-15,25-26H,5-8H2,(H,20,21)/t13-,14-,15+/m1/s1. The lowest BCUT2D eigenvalue weighted by Crippen LogP contribution is -2.24. The third kappa shape index (κ3) is 3.13. The van der Waals surface area contributed by atoms with Gasteiger partial charge in [0.1, 0.15) is 11.6 Å². The van der Waals surface area contributed by atoms with Crippen molar-refractivity contribution in [3.8, 4) is 0 Å². The number of rotatable bonds is 5. The van der Waals surface area contributed by atoms with Gasteiger partial charge >= 0.3 is 0 Å². The van der Waals surface area contributed by atoms with Crippen molar-refractivity contribution in [3.05, 3.63) is 53.9 Å². The minimum atomic E-state index is -0.828. The fourth-order valence-corrected chi connectivity index (χ4v) is 3.44. The lowest BCUT2D eigenvalue weighted by Gasteiger charge is -2.14. The maximum Gasteiger partial charge on any atom is 0.203 e. The summed E-state index contributed by atoms with van der Waals surface area (Å²) in [5, 5.41) is 31.6. The second kappa shape index (κ2) is 6.97. The zero-order valence-corrected chi connectivity index (χ0v) is 14.1. The van der Waals surface area contributed by atoms with Crippen LogP contribution in [0.5, 0.6) is 0 Å². The first-order chi connectivity index (χ1) is 12.6. The Morgan fingerprint density at radius 3 is 2.69 bits per heavy atom. The monoisotopic (exact) mass is 357 g/mol. The number of benzene rings is 1. The van der Waals surface area contributed by atoms with Crippen LogP contribution in [0.25, 0.3) is 5.65 Å². The van der Waals surface area contributed by atoms with E-state index in [0.29, 0.717) is 36.7 Å². The van der Waals surface area contributed by atoms with Crippen molar-refractivity contribution in [1.29, 1.82) is 0 Å². The van der Waals surface area contributed by atoms with Crippen LogP contribution in [-0.4, -0.2) is 48.5 Å². The van der Waals surface area contributed by atoms with Crippen LogP contribution in [0, 0.1) is 5.82 Å². The zero-order valence-electron chi connectivity index (χ0n) is 14.1. The molecule has 0 bridgehead atoms.